The van der Waals surface area contributed by atoms with E-state index in [4.69, 9.17) is 5.73 Å². The highest BCUT2D eigenvalue weighted by Gasteiger charge is 2.19. The number of rotatable bonds is 3. The highest BCUT2D eigenvalue weighted by Crippen LogP contribution is 2.12. The summed E-state index contributed by atoms with van der Waals surface area (Å²) in [6.07, 6.45) is 2.00. The Morgan fingerprint density at radius 3 is 2.33 bits per heavy atom. The van der Waals surface area contributed by atoms with Gasteiger partial charge < -0.3 is 5.73 Å². The number of piperidine rings is 1. The summed E-state index contributed by atoms with van der Waals surface area (Å²) in [7, 11) is 0. The number of hydrogen-bond acceptors (Lipinski definition) is 3. The number of nitrogens with two attached hydrogens (primary N) is 1. The van der Waals surface area contributed by atoms with Crippen molar-refractivity contribution in [3.63, 3.8) is 0 Å². The van der Waals surface area contributed by atoms with Gasteiger partial charge in [-0.3, -0.25) is 9.69 Å². The Hall–Kier alpha value is -1.19. The zero-order valence-electron chi connectivity index (χ0n) is 11.3. The van der Waals surface area contributed by atoms with Crippen LogP contribution >= 0.6 is 0 Å². The molecular weight excluding hydrogens is 224 g/mol. The van der Waals surface area contributed by atoms with Crippen LogP contribution in [0.4, 0.5) is 0 Å². The Kier molecular flexibility index (Phi) is 4.15. The Morgan fingerprint density at radius 1 is 1.22 bits per heavy atom. The molecular formula is C15H22N2O. The minimum atomic E-state index is 0.220. The molecule has 0 spiro atoms. The van der Waals surface area contributed by atoms with E-state index in [1.807, 2.05) is 26.0 Å². The van der Waals surface area contributed by atoms with E-state index < -0.39 is 0 Å². The lowest BCUT2D eigenvalue weighted by atomic mass is 10.0. The van der Waals surface area contributed by atoms with E-state index in [0.717, 1.165) is 42.6 Å². The molecule has 0 saturated carbocycles. The molecule has 1 heterocycles. The van der Waals surface area contributed by atoms with E-state index in [9.17, 15) is 4.79 Å². The third kappa shape index (κ3) is 3.40. The number of carbonyl (C=O) groups excluding carboxylic acids is 1. The van der Waals surface area contributed by atoms with Crippen molar-refractivity contribution in [2.75, 3.05) is 19.6 Å². The summed E-state index contributed by atoms with van der Waals surface area (Å²) in [6.45, 7) is 6.47. The van der Waals surface area contributed by atoms with E-state index >= 15 is 0 Å². The number of likely N-dealkylation sites (tertiary alicyclic amines) is 1. The lowest BCUT2D eigenvalue weighted by molar-refractivity contribution is 0.0909. The van der Waals surface area contributed by atoms with Gasteiger partial charge >= 0.3 is 0 Å². The average molecular weight is 246 g/mol. The number of carbonyl (C=O) groups is 1. The molecule has 3 heteroatoms. The monoisotopic (exact) mass is 246 g/mol. The van der Waals surface area contributed by atoms with Crippen molar-refractivity contribution >= 4 is 5.78 Å². The molecule has 0 aliphatic carbocycles. The topological polar surface area (TPSA) is 46.3 Å². The van der Waals surface area contributed by atoms with Crippen LogP contribution in [0.15, 0.2) is 18.2 Å². The average Bonchev–Trinajstić information content (AvgIpc) is 2.31. The van der Waals surface area contributed by atoms with Crippen LogP contribution in [0.3, 0.4) is 0 Å². The van der Waals surface area contributed by atoms with E-state index in [2.05, 4.69) is 11.0 Å². The molecule has 0 amide bonds. The zero-order valence-corrected chi connectivity index (χ0v) is 11.3. The van der Waals surface area contributed by atoms with Crippen LogP contribution in [0.25, 0.3) is 0 Å². The molecule has 0 unspecified atom stereocenters. The van der Waals surface area contributed by atoms with E-state index in [0.29, 0.717) is 12.6 Å². The summed E-state index contributed by atoms with van der Waals surface area (Å²) < 4.78 is 0. The van der Waals surface area contributed by atoms with Crippen molar-refractivity contribution < 1.29 is 4.79 Å². The van der Waals surface area contributed by atoms with Crippen LogP contribution < -0.4 is 5.73 Å². The first-order valence-corrected chi connectivity index (χ1v) is 6.64. The maximum absolute atomic E-state index is 12.2. The van der Waals surface area contributed by atoms with Gasteiger partial charge in [0, 0.05) is 24.7 Å². The number of benzene rings is 1. The Bertz CT molecular complexity index is 414. The number of nitrogens with zero attached hydrogens (tertiary/aromatic N) is 1. The highest BCUT2D eigenvalue weighted by molar-refractivity contribution is 5.98. The molecule has 1 aromatic carbocycles. The first kappa shape index (κ1) is 13.2. The summed E-state index contributed by atoms with van der Waals surface area (Å²) >= 11 is 0. The number of Topliss-reactive ketones (excluding diaryl/α,β-unsaturated/α-hetero) is 1. The molecule has 2 N–H and O–H groups in total. The van der Waals surface area contributed by atoms with Gasteiger partial charge in [0.25, 0.3) is 0 Å². The van der Waals surface area contributed by atoms with Gasteiger partial charge in [0.2, 0.25) is 0 Å². The predicted molar refractivity (Wildman–Crippen MR) is 73.9 cm³/mol. The smallest absolute Gasteiger partial charge is 0.176 e. The lowest BCUT2D eigenvalue weighted by Gasteiger charge is -2.29. The zero-order chi connectivity index (χ0) is 13.1. The van der Waals surface area contributed by atoms with Crippen LogP contribution in [-0.4, -0.2) is 36.4 Å². The highest BCUT2D eigenvalue weighted by atomic mass is 16.1. The summed E-state index contributed by atoms with van der Waals surface area (Å²) in [4.78, 5) is 14.4. The van der Waals surface area contributed by atoms with Crippen molar-refractivity contribution in [3.05, 3.63) is 34.9 Å². The van der Waals surface area contributed by atoms with Crippen LogP contribution in [-0.2, 0) is 0 Å². The lowest BCUT2D eigenvalue weighted by Crippen LogP contribution is -2.41. The molecule has 0 aromatic heterocycles. The fraction of sp³-hybridized carbons (Fsp3) is 0.533. The molecule has 1 aromatic rings. The third-order valence-corrected chi connectivity index (χ3v) is 3.54. The maximum Gasteiger partial charge on any atom is 0.176 e. The van der Waals surface area contributed by atoms with Crippen LogP contribution in [0.5, 0.6) is 0 Å². The van der Waals surface area contributed by atoms with Crippen molar-refractivity contribution in [3.8, 4) is 0 Å². The molecule has 18 heavy (non-hydrogen) atoms. The number of aryl methyl sites for hydroxylation is 2. The first-order valence-electron chi connectivity index (χ1n) is 6.64. The van der Waals surface area contributed by atoms with Crippen molar-refractivity contribution in [1.29, 1.82) is 0 Å². The molecule has 1 aliphatic heterocycles. The Labute approximate surface area is 109 Å². The molecule has 1 aliphatic rings. The third-order valence-electron chi connectivity index (χ3n) is 3.54. The molecule has 1 fully saturated rings. The van der Waals surface area contributed by atoms with Gasteiger partial charge in [-0.25, -0.2) is 0 Å². The fourth-order valence-corrected chi connectivity index (χ4v) is 2.54. The number of ketones is 1. The minimum absolute atomic E-state index is 0.220. The summed E-state index contributed by atoms with van der Waals surface area (Å²) in [5.41, 5.74) is 9.01. The van der Waals surface area contributed by atoms with Crippen LogP contribution in [0, 0.1) is 13.8 Å². The molecule has 3 nitrogen and oxygen atoms in total. The first-order chi connectivity index (χ1) is 8.54. The van der Waals surface area contributed by atoms with Gasteiger partial charge in [-0.1, -0.05) is 17.2 Å². The van der Waals surface area contributed by atoms with Gasteiger partial charge in [-0.15, -0.1) is 0 Å². The summed E-state index contributed by atoms with van der Waals surface area (Å²) in [6, 6.07) is 6.37. The molecule has 0 radical (unpaired) electrons. The minimum Gasteiger partial charge on any atom is -0.328 e. The van der Waals surface area contributed by atoms with Gasteiger partial charge in [0.1, 0.15) is 0 Å². The standard InChI is InChI=1S/C15H22N2O/c1-11-7-12(2)9-13(8-11)15(18)10-17-5-3-14(16)4-6-17/h7-9,14H,3-6,10,16H2,1-2H3. The van der Waals surface area contributed by atoms with Gasteiger partial charge in [-0.2, -0.15) is 0 Å². The predicted octanol–water partition coefficient (Wildman–Crippen LogP) is 1.91. The SMILES string of the molecule is Cc1cc(C)cc(C(=O)CN2CCC(N)CC2)c1. The second-order valence-electron chi connectivity index (χ2n) is 5.41. The molecule has 1 saturated heterocycles. The van der Waals surface area contributed by atoms with Crippen LogP contribution in [0.2, 0.25) is 0 Å². The second-order valence-corrected chi connectivity index (χ2v) is 5.41. The molecule has 0 bridgehead atoms. The molecule has 2 rings (SSSR count). The normalized spacial score (nSPS) is 17.9. The Balaban J connectivity index is 1.99. The fourth-order valence-electron chi connectivity index (χ4n) is 2.54. The van der Waals surface area contributed by atoms with Gasteiger partial charge in [0.05, 0.1) is 6.54 Å². The van der Waals surface area contributed by atoms with E-state index in [1.54, 1.807) is 0 Å². The van der Waals surface area contributed by atoms with Crippen molar-refractivity contribution in [1.82, 2.24) is 4.90 Å². The van der Waals surface area contributed by atoms with E-state index in [-0.39, 0.29) is 5.78 Å². The summed E-state index contributed by atoms with van der Waals surface area (Å²) in [5.74, 6) is 0.220. The van der Waals surface area contributed by atoms with Gasteiger partial charge in [-0.05, 0) is 38.8 Å². The van der Waals surface area contributed by atoms with Crippen molar-refractivity contribution in [2.45, 2.75) is 32.7 Å². The van der Waals surface area contributed by atoms with E-state index in [1.165, 1.54) is 0 Å². The summed E-state index contributed by atoms with van der Waals surface area (Å²) in [5, 5.41) is 0. The molecule has 98 valence electrons. The largest absolute Gasteiger partial charge is 0.328 e. The second kappa shape index (κ2) is 5.63. The van der Waals surface area contributed by atoms with Gasteiger partial charge in [0.15, 0.2) is 5.78 Å². The molecule has 0 atom stereocenters. The quantitative estimate of drug-likeness (QED) is 0.829. The van der Waals surface area contributed by atoms with Crippen molar-refractivity contribution in [2.24, 2.45) is 5.73 Å². The number of hydrogen-bond donors (Lipinski definition) is 1. The van der Waals surface area contributed by atoms with Crippen LogP contribution in [0.1, 0.15) is 34.3 Å². The maximum atomic E-state index is 12.2. The Morgan fingerprint density at radius 2 is 1.78 bits per heavy atom.